The van der Waals surface area contributed by atoms with Gasteiger partial charge in [-0.2, -0.15) is 0 Å². The van der Waals surface area contributed by atoms with Crippen molar-refractivity contribution in [3.05, 3.63) is 95.6 Å². The zero-order chi connectivity index (χ0) is 17.6. The molecule has 0 bridgehead atoms. The van der Waals surface area contributed by atoms with E-state index in [1.165, 1.54) is 17.7 Å². The molecule has 3 rings (SSSR count). The Hall–Kier alpha value is -2.68. The van der Waals surface area contributed by atoms with Crippen LogP contribution < -0.4 is 4.90 Å². The van der Waals surface area contributed by atoms with Gasteiger partial charge in [-0.05, 0) is 49.6 Å². The number of halogens is 2. The molecule has 0 saturated carbocycles. The summed E-state index contributed by atoms with van der Waals surface area (Å²) in [4.78, 5) is 1.91. The zero-order valence-electron chi connectivity index (χ0n) is 14.3. The van der Waals surface area contributed by atoms with Crippen LogP contribution in [0.2, 0.25) is 0 Å². The maximum absolute atomic E-state index is 14.3. The van der Waals surface area contributed by atoms with Crippen molar-refractivity contribution in [1.29, 1.82) is 0 Å². The van der Waals surface area contributed by atoms with E-state index in [9.17, 15) is 8.78 Å². The first kappa shape index (κ1) is 17.2. The number of hydrogen-bond donors (Lipinski definition) is 0. The van der Waals surface area contributed by atoms with E-state index in [1.54, 1.807) is 0 Å². The average Bonchev–Trinajstić information content (AvgIpc) is 2.61. The molecule has 0 aliphatic carbocycles. The second-order valence-electron chi connectivity index (χ2n) is 6.17. The van der Waals surface area contributed by atoms with E-state index in [2.05, 4.69) is 12.1 Å². The summed E-state index contributed by atoms with van der Waals surface area (Å²) in [6.45, 7) is 2.67. The fraction of sp³-hybridized carbons (Fsp3) is 0.182. The predicted octanol–water partition coefficient (Wildman–Crippen LogP) is 6.04. The van der Waals surface area contributed by atoms with Crippen LogP contribution in [-0.2, 0) is 6.42 Å². The second kappa shape index (κ2) is 7.93. The molecule has 0 spiro atoms. The summed E-state index contributed by atoms with van der Waals surface area (Å²) in [6, 6.07) is 21.9. The molecule has 0 atom stereocenters. The summed E-state index contributed by atoms with van der Waals surface area (Å²) in [6.07, 6.45) is 1.78. The van der Waals surface area contributed by atoms with E-state index < -0.39 is 11.6 Å². The number of rotatable bonds is 6. The smallest absolute Gasteiger partial charge is 0.149 e. The van der Waals surface area contributed by atoms with Gasteiger partial charge in [-0.3, -0.25) is 0 Å². The summed E-state index contributed by atoms with van der Waals surface area (Å²) in [7, 11) is 0. The van der Waals surface area contributed by atoms with Gasteiger partial charge in [-0.1, -0.05) is 48.0 Å². The van der Waals surface area contributed by atoms with Gasteiger partial charge in [0, 0.05) is 18.3 Å². The molecule has 25 heavy (non-hydrogen) atoms. The minimum absolute atomic E-state index is 0.401. The second-order valence-corrected chi connectivity index (χ2v) is 6.17. The molecular formula is C22H21F2N. The van der Waals surface area contributed by atoms with E-state index in [1.807, 2.05) is 54.3 Å². The third-order valence-corrected chi connectivity index (χ3v) is 4.24. The number of hydrogen-bond acceptors (Lipinski definition) is 1. The first-order valence-corrected chi connectivity index (χ1v) is 8.47. The lowest BCUT2D eigenvalue weighted by molar-refractivity contribution is 0.581. The first-order valence-electron chi connectivity index (χ1n) is 8.47. The fourth-order valence-corrected chi connectivity index (χ4v) is 2.90. The maximum Gasteiger partial charge on any atom is 0.149 e. The lowest BCUT2D eigenvalue weighted by Gasteiger charge is -2.26. The van der Waals surface area contributed by atoms with Crippen molar-refractivity contribution in [2.24, 2.45) is 0 Å². The van der Waals surface area contributed by atoms with Crippen molar-refractivity contribution >= 4 is 11.4 Å². The van der Waals surface area contributed by atoms with Crippen molar-refractivity contribution in [1.82, 2.24) is 0 Å². The van der Waals surface area contributed by atoms with Gasteiger partial charge in [-0.25, -0.2) is 8.78 Å². The Morgan fingerprint density at radius 2 is 1.56 bits per heavy atom. The van der Waals surface area contributed by atoms with Crippen LogP contribution in [0.3, 0.4) is 0 Å². The molecule has 0 fully saturated rings. The number of benzene rings is 3. The van der Waals surface area contributed by atoms with E-state index in [0.29, 0.717) is 12.2 Å². The first-order chi connectivity index (χ1) is 12.1. The summed E-state index contributed by atoms with van der Waals surface area (Å²) >= 11 is 0. The number of nitrogens with zero attached hydrogens (tertiary/aromatic N) is 1. The quantitative estimate of drug-likeness (QED) is 0.530. The topological polar surface area (TPSA) is 3.24 Å². The molecule has 0 radical (unpaired) electrons. The molecule has 1 nitrogen and oxygen atoms in total. The van der Waals surface area contributed by atoms with Crippen molar-refractivity contribution in [2.45, 2.75) is 19.8 Å². The molecule has 0 unspecified atom stereocenters. The Bertz CT molecular complexity index is 813. The normalized spacial score (nSPS) is 10.7. The van der Waals surface area contributed by atoms with Crippen molar-refractivity contribution in [3.63, 3.8) is 0 Å². The highest BCUT2D eigenvalue weighted by atomic mass is 19.1. The van der Waals surface area contributed by atoms with Crippen molar-refractivity contribution in [3.8, 4) is 0 Å². The SMILES string of the molecule is Cc1ccc(N(CCCc2ccccc2)c2ccc(F)cc2F)cc1. The van der Waals surface area contributed by atoms with Gasteiger partial charge in [-0.15, -0.1) is 0 Å². The van der Waals surface area contributed by atoms with Crippen LogP contribution in [0.4, 0.5) is 20.2 Å². The summed E-state index contributed by atoms with van der Waals surface area (Å²) in [5, 5.41) is 0. The highest BCUT2D eigenvalue weighted by Crippen LogP contribution is 2.29. The third-order valence-electron chi connectivity index (χ3n) is 4.24. The molecule has 0 aromatic heterocycles. The highest BCUT2D eigenvalue weighted by molar-refractivity contribution is 5.64. The van der Waals surface area contributed by atoms with Crippen molar-refractivity contribution in [2.75, 3.05) is 11.4 Å². The van der Waals surface area contributed by atoms with Gasteiger partial charge in [0.2, 0.25) is 0 Å². The molecule has 0 aliphatic heterocycles. The minimum Gasteiger partial charge on any atom is -0.339 e. The number of anilines is 2. The zero-order valence-corrected chi connectivity index (χ0v) is 14.3. The largest absolute Gasteiger partial charge is 0.339 e. The van der Waals surface area contributed by atoms with Gasteiger partial charge in [0.1, 0.15) is 11.6 Å². The Kier molecular flexibility index (Phi) is 5.44. The van der Waals surface area contributed by atoms with Crippen LogP contribution in [0, 0.1) is 18.6 Å². The van der Waals surface area contributed by atoms with Gasteiger partial charge in [0.15, 0.2) is 0 Å². The van der Waals surface area contributed by atoms with Crippen LogP contribution in [-0.4, -0.2) is 6.54 Å². The van der Waals surface area contributed by atoms with E-state index in [-0.39, 0.29) is 0 Å². The number of aryl methyl sites for hydroxylation is 2. The summed E-state index contributed by atoms with van der Waals surface area (Å²) in [5.41, 5.74) is 3.71. The van der Waals surface area contributed by atoms with E-state index in [4.69, 9.17) is 0 Å². The van der Waals surface area contributed by atoms with E-state index in [0.717, 1.165) is 30.2 Å². The van der Waals surface area contributed by atoms with Crippen molar-refractivity contribution < 1.29 is 8.78 Å². The van der Waals surface area contributed by atoms with Gasteiger partial charge < -0.3 is 4.90 Å². The van der Waals surface area contributed by atoms with Crippen LogP contribution in [0.15, 0.2) is 72.8 Å². The average molecular weight is 337 g/mol. The Balaban J connectivity index is 1.82. The Morgan fingerprint density at radius 3 is 2.24 bits per heavy atom. The molecule has 0 amide bonds. The van der Waals surface area contributed by atoms with Gasteiger partial charge >= 0.3 is 0 Å². The molecule has 3 aromatic rings. The molecule has 3 heteroatoms. The molecule has 0 N–H and O–H groups in total. The Labute approximate surface area is 147 Å². The molecular weight excluding hydrogens is 316 g/mol. The monoisotopic (exact) mass is 337 g/mol. The van der Waals surface area contributed by atoms with Crippen LogP contribution in [0.1, 0.15) is 17.5 Å². The van der Waals surface area contributed by atoms with Gasteiger partial charge in [0.05, 0.1) is 5.69 Å². The lowest BCUT2D eigenvalue weighted by Crippen LogP contribution is -2.20. The third kappa shape index (κ3) is 4.44. The molecule has 0 aliphatic rings. The summed E-state index contributed by atoms with van der Waals surface area (Å²) in [5.74, 6) is -1.10. The van der Waals surface area contributed by atoms with Gasteiger partial charge in [0.25, 0.3) is 0 Å². The van der Waals surface area contributed by atoms with Crippen LogP contribution in [0.5, 0.6) is 0 Å². The summed E-state index contributed by atoms with van der Waals surface area (Å²) < 4.78 is 27.6. The molecule has 0 heterocycles. The minimum atomic E-state index is -0.561. The fourth-order valence-electron chi connectivity index (χ4n) is 2.90. The standard InChI is InChI=1S/C22H21F2N/c1-17-9-12-20(13-10-17)25(22-14-11-19(23)16-21(22)24)15-5-8-18-6-3-2-4-7-18/h2-4,6-7,9-14,16H,5,8,15H2,1H3. The van der Waals surface area contributed by atoms with E-state index >= 15 is 0 Å². The highest BCUT2D eigenvalue weighted by Gasteiger charge is 2.14. The Morgan fingerprint density at radius 1 is 0.840 bits per heavy atom. The predicted molar refractivity (Wildman–Crippen MR) is 99.3 cm³/mol. The van der Waals surface area contributed by atoms with Crippen LogP contribution in [0.25, 0.3) is 0 Å². The maximum atomic E-state index is 14.3. The molecule has 128 valence electrons. The lowest BCUT2D eigenvalue weighted by atomic mass is 10.1. The molecule has 0 saturated heterocycles. The van der Waals surface area contributed by atoms with Crippen LogP contribution >= 0.6 is 0 Å². The molecule has 3 aromatic carbocycles.